The number of nitrogens with one attached hydrogen (secondary N) is 3. The first-order valence-electron chi connectivity index (χ1n) is 13.4. The molecular formula is C30H28FN9O3S. The molecular weight excluding hydrogens is 585 g/mol. The van der Waals surface area contributed by atoms with Gasteiger partial charge in [0.1, 0.15) is 22.4 Å². The number of halogens is 1. The molecule has 0 radical (unpaired) electrons. The van der Waals surface area contributed by atoms with Crippen molar-refractivity contribution in [3.63, 3.8) is 0 Å². The lowest BCUT2D eigenvalue weighted by molar-refractivity contribution is -0.116. The van der Waals surface area contributed by atoms with Crippen molar-refractivity contribution in [2.45, 2.75) is 5.37 Å². The SMILES string of the molecule is CN(C)CC(=O)Nc1cncc(-c2ccc3[nH]nc(-c4cc5c(-c6cc(F)cc(C(N)S(C)(=O)=O)c6)nccc5[nH]4)c3n2)c1. The normalized spacial score (nSPS) is 12.7. The number of nitrogens with zero attached hydrogens (tertiary/aromatic N) is 5. The van der Waals surface area contributed by atoms with E-state index in [1.54, 1.807) is 35.6 Å². The number of carbonyl (C=O) groups is 1. The number of benzene rings is 1. The van der Waals surface area contributed by atoms with Crippen LogP contribution in [-0.2, 0) is 14.6 Å². The molecule has 1 amide bonds. The molecule has 5 N–H and O–H groups in total. The van der Waals surface area contributed by atoms with Crippen LogP contribution in [0.1, 0.15) is 10.9 Å². The van der Waals surface area contributed by atoms with Crippen LogP contribution in [0.2, 0.25) is 0 Å². The van der Waals surface area contributed by atoms with Crippen molar-refractivity contribution in [3.8, 4) is 33.9 Å². The van der Waals surface area contributed by atoms with E-state index in [0.29, 0.717) is 61.5 Å². The standard InChI is InChI=1S/C30H28FN9O3S/c1-40(2)15-26(41)35-20-11-18(13-33-14-20)22-4-5-24-28(37-22)29(39-38-24)25-12-21-23(36-25)6-7-34-27(21)16-8-17(10-19(31)9-16)30(32)44(3,42)43/h4-14,30,36H,15,32H2,1-3H3,(H,35,41)(H,38,39). The van der Waals surface area contributed by atoms with Gasteiger partial charge in [0.25, 0.3) is 0 Å². The number of sulfone groups is 1. The van der Waals surface area contributed by atoms with Crippen LogP contribution in [0.15, 0.2) is 67.1 Å². The lowest BCUT2D eigenvalue weighted by atomic mass is 10.0. The Bertz CT molecular complexity index is 2160. The first-order chi connectivity index (χ1) is 21.0. The van der Waals surface area contributed by atoms with Crippen molar-refractivity contribution in [2.75, 3.05) is 32.2 Å². The predicted octanol–water partition coefficient (Wildman–Crippen LogP) is 3.87. The van der Waals surface area contributed by atoms with Crippen LogP contribution < -0.4 is 11.1 Å². The number of hydrogen-bond donors (Lipinski definition) is 4. The van der Waals surface area contributed by atoms with Crippen molar-refractivity contribution in [3.05, 3.63) is 78.5 Å². The summed E-state index contributed by atoms with van der Waals surface area (Å²) < 4.78 is 38.7. The Kier molecular flexibility index (Phi) is 7.41. The minimum atomic E-state index is -3.65. The van der Waals surface area contributed by atoms with Crippen LogP contribution in [0.4, 0.5) is 10.1 Å². The van der Waals surface area contributed by atoms with E-state index in [2.05, 4.69) is 30.5 Å². The van der Waals surface area contributed by atoms with Crippen molar-refractivity contribution < 1.29 is 17.6 Å². The number of anilines is 1. The summed E-state index contributed by atoms with van der Waals surface area (Å²) in [6.07, 6.45) is 5.82. The molecule has 0 aliphatic rings. The van der Waals surface area contributed by atoms with Crippen molar-refractivity contribution >= 4 is 43.4 Å². The molecule has 0 aliphatic carbocycles. The number of H-pyrrole nitrogens is 2. The van der Waals surface area contributed by atoms with Crippen molar-refractivity contribution in [1.82, 2.24) is 35.0 Å². The van der Waals surface area contributed by atoms with Gasteiger partial charge in [-0.1, -0.05) is 0 Å². The van der Waals surface area contributed by atoms with Crippen LogP contribution in [0.25, 0.3) is 55.8 Å². The maximum absolute atomic E-state index is 14.6. The lowest BCUT2D eigenvalue weighted by Gasteiger charge is -2.12. The Labute approximate surface area is 251 Å². The molecule has 1 atom stereocenters. The molecule has 14 heteroatoms. The van der Waals surface area contributed by atoms with Gasteiger partial charge in [0.15, 0.2) is 9.84 Å². The third-order valence-electron chi connectivity index (χ3n) is 6.97. The van der Waals surface area contributed by atoms with E-state index in [1.165, 1.54) is 12.1 Å². The molecule has 0 saturated carbocycles. The van der Waals surface area contributed by atoms with Crippen LogP contribution >= 0.6 is 0 Å². The van der Waals surface area contributed by atoms with Gasteiger partial charge in [-0.2, -0.15) is 5.10 Å². The molecule has 5 heterocycles. The van der Waals surface area contributed by atoms with E-state index in [-0.39, 0.29) is 18.0 Å². The van der Waals surface area contributed by atoms with Gasteiger partial charge in [0.05, 0.1) is 41.0 Å². The molecule has 6 rings (SSSR count). The number of carbonyl (C=O) groups excluding carboxylic acids is 1. The fraction of sp³-hybridized carbons (Fsp3) is 0.167. The highest BCUT2D eigenvalue weighted by atomic mass is 32.2. The minimum Gasteiger partial charge on any atom is -0.353 e. The summed E-state index contributed by atoms with van der Waals surface area (Å²) in [4.78, 5) is 31.0. The smallest absolute Gasteiger partial charge is 0.238 e. The Morgan fingerprint density at radius 3 is 2.64 bits per heavy atom. The van der Waals surface area contributed by atoms with E-state index in [4.69, 9.17) is 10.7 Å². The summed E-state index contributed by atoms with van der Waals surface area (Å²) >= 11 is 0. The van der Waals surface area contributed by atoms with Gasteiger partial charge in [-0.3, -0.25) is 19.9 Å². The van der Waals surface area contributed by atoms with E-state index < -0.39 is 21.0 Å². The Balaban J connectivity index is 1.39. The molecule has 1 aromatic carbocycles. The summed E-state index contributed by atoms with van der Waals surface area (Å²) in [5.74, 6) is -0.785. The predicted molar refractivity (Wildman–Crippen MR) is 167 cm³/mol. The van der Waals surface area contributed by atoms with Gasteiger partial charge >= 0.3 is 0 Å². The molecule has 0 bridgehead atoms. The maximum Gasteiger partial charge on any atom is 0.238 e. The molecule has 1 unspecified atom stereocenters. The second-order valence-corrected chi connectivity index (χ2v) is 12.9. The third-order valence-corrected chi connectivity index (χ3v) is 8.17. The number of likely N-dealkylation sites (N-methyl/N-ethyl adjacent to an activating group) is 1. The number of fused-ring (bicyclic) bond motifs is 2. The number of aromatic amines is 2. The molecule has 0 aliphatic heterocycles. The summed E-state index contributed by atoms with van der Waals surface area (Å²) in [6, 6.07) is 13.1. The van der Waals surface area contributed by atoms with Gasteiger partial charge < -0.3 is 20.9 Å². The molecule has 6 aromatic rings. The molecule has 224 valence electrons. The Hall–Kier alpha value is -5.05. The summed E-state index contributed by atoms with van der Waals surface area (Å²) in [7, 11) is -0.0247. The van der Waals surface area contributed by atoms with E-state index in [1.807, 2.05) is 32.3 Å². The number of hydrogen-bond acceptors (Lipinski definition) is 9. The highest BCUT2D eigenvalue weighted by Crippen LogP contribution is 2.34. The van der Waals surface area contributed by atoms with Crippen molar-refractivity contribution in [2.24, 2.45) is 5.73 Å². The van der Waals surface area contributed by atoms with Gasteiger partial charge in [-0.05, 0) is 68.2 Å². The van der Waals surface area contributed by atoms with Gasteiger partial charge in [0, 0.05) is 40.7 Å². The fourth-order valence-corrected chi connectivity index (χ4v) is 5.59. The van der Waals surface area contributed by atoms with Crippen molar-refractivity contribution in [1.29, 1.82) is 0 Å². The van der Waals surface area contributed by atoms with Crippen LogP contribution in [0.3, 0.4) is 0 Å². The fourth-order valence-electron chi connectivity index (χ4n) is 4.96. The van der Waals surface area contributed by atoms with E-state index in [0.717, 1.165) is 12.3 Å². The highest BCUT2D eigenvalue weighted by molar-refractivity contribution is 7.90. The molecule has 12 nitrogen and oxygen atoms in total. The van der Waals surface area contributed by atoms with Gasteiger partial charge in [-0.25, -0.2) is 17.8 Å². The first-order valence-corrected chi connectivity index (χ1v) is 15.4. The van der Waals surface area contributed by atoms with Gasteiger partial charge in [-0.15, -0.1) is 0 Å². The lowest BCUT2D eigenvalue weighted by Crippen LogP contribution is -2.27. The average molecular weight is 614 g/mol. The Morgan fingerprint density at radius 1 is 1.05 bits per heavy atom. The first kappa shape index (κ1) is 29.0. The second-order valence-electron chi connectivity index (χ2n) is 10.7. The molecule has 44 heavy (non-hydrogen) atoms. The van der Waals surface area contributed by atoms with Crippen LogP contribution in [-0.4, -0.2) is 76.3 Å². The number of pyridine rings is 3. The molecule has 5 aromatic heterocycles. The molecule has 0 spiro atoms. The summed E-state index contributed by atoms with van der Waals surface area (Å²) in [5.41, 5.74) is 11.9. The number of rotatable bonds is 8. The highest BCUT2D eigenvalue weighted by Gasteiger charge is 2.21. The number of aromatic nitrogens is 6. The van der Waals surface area contributed by atoms with E-state index in [9.17, 15) is 17.6 Å². The zero-order valence-electron chi connectivity index (χ0n) is 24.0. The number of nitrogens with two attached hydrogens (primary N) is 1. The largest absolute Gasteiger partial charge is 0.353 e. The number of amides is 1. The molecule has 0 saturated heterocycles. The zero-order valence-corrected chi connectivity index (χ0v) is 24.8. The minimum absolute atomic E-state index is 0.128. The summed E-state index contributed by atoms with van der Waals surface area (Å²) in [5, 5.41) is 9.65. The molecule has 0 fully saturated rings. The second kappa shape index (κ2) is 11.2. The quantitative estimate of drug-likeness (QED) is 0.199. The average Bonchev–Trinajstić information content (AvgIpc) is 3.59. The van der Waals surface area contributed by atoms with Crippen LogP contribution in [0, 0.1) is 5.82 Å². The third kappa shape index (κ3) is 5.77. The monoisotopic (exact) mass is 613 g/mol. The van der Waals surface area contributed by atoms with E-state index >= 15 is 0 Å². The zero-order chi connectivity index (χ0) is 31.2. The topological polar surface area (TPSA) is 176 Å². The van der Waals surface area contributed by atoms with Crippen LogP contribution in [0.5, 0.6) is 0 Å². The summed E-state index contributed by atoms with van der Waals surface area (Å²) in [6.45, 7) is 0.239. The maximum atomic E-state index is 14.6. The Morgan fingerprint density at radius 2 is 1.86 bits per heavy atom. The van der Waals surface area contributed by atoms with Gasteiger partial charge in [0.2, 0.25) is 5.91 Å².